The summed E-state index contributed by atoms with van der Waals surface area (Å²) in [6.45, 7) is 0. The first kappa shape index (κ1) is 19.6. The fourth-order valence-electron chi connectivity index (χ4n) is 2.89. The Kier molecular flexibility index (Phi) is 5.62. The second kappa shape index (κ2) is 8.32. The van der Waals surface area contributed by atoms with Gasteiger partial charge in [0.2, 0.25) is 0 Å². The third kappa shape index (κ3) is 4.17. The van der Waals surface area contributed by atoms with Crippen LogP contribution in [-0.4, -0.2) is 17.0 Å². The zero-order chi connectivity index (χ0) is 20.4. The topological polar surface area (TPSA) is 66.4 Å². The molecule has 29 heavy (non-hydrogen) atoms. The first-order valence-electron chi connectivity index (χ1n) is 8.60. The molecule has 4 aromatic rings. The highest BCUT2D eigenvalue weighted by molar-refractivity contribution is 9.10. The van der Waals surface area contributed by atoms with E-state index in [1.165, 1.54) is 22.7 Å². The van der Waals surface area contributed by atoms with Gasteiger partial charge in [-0.05, 0) is 35.4 Å². The third-order valence-corrected chi connectivity index (χ3v) is 6.83. The van der Waals surface area contributed by atoms with Crippen LogP contribution in [0.5, 0.6) is 0 Å². The molecule has 2 aromatic carbocycles. The molecule has 4 nitrogen and oxygen atoms in total. The number of carbonyl (C=O) groups is 2. The van der Waals surface area contributed by atoms with E-state index < -0.39 is 5.97 Å². The van der Waals surface area contributed by atoms with Crippen molar-refractivity contribution in [2.45, 2.75) is 0 Å². The van der Waals surface area contributed by atoms with Gasteiger partial charge in [-0.1, -0.05) is 58.4 Å². The Morgan fingerprint density at radius 2 is 1.62 bits per heavy atom. The maximum Gasteiger partial charge on any atom is 0.339 e. The summed E-state index contributed by atoms with van der Waals surface area (Å²) >= 11 is 5.96. The molecule has 0 saturated carbocycles. The average Bonchev–Trinajstić information content (AvgIpc) is 3.37. The molecule has 2 N–H and O–H groups in total. The van der Waals surface area contributed by atoms with Gasteiger partial charge in [0.05, 0.1) is 4.88 Å². The van der Waals surface area contributed by atoms with Crippen molar-refractivity contribution < 1.29 is 14.7 Å². The van der Waals surface area contributed by atoms with Gasteiger partial charge in [-0.3, -0.25) is 4.79 Å². The summed E-state index contributed by atoms with van der Waals surface area (Å²) in [5, 5.41) is 14.6. The van der Waals surface area contributed by atoms with Gasteiger partial charge >= 0.3 is 5.97 Å². The van der Waals surface area contributed by atoms with Gasteiger partial charge in [-0.2, -0.15) is 0 Å². The summed E-state index contributed by atoms with van der Waals surface area (Å²) in [5.41, 5.74) is 2.51. The van der Waals surface area contributed by atoms with Crippen LogP contribution in [0.15, 0.2) is 76.6 Å². The predicted molar refractivity (Wildman–Crippen MR) is 122 cm³/mol. The Hall–Kier alpha value is -2.74. The number of benzene rings is 2. The van der Waals surface area contributed by atoms with E-state index in [4.69, 9.17) is 0 Å². The van der Waals surface area contributed by atoms with E-state index in [0.29, 0.717) is 15.4 Å². The third-order valence-electron chi connectivity index (χ3n) is 4.28. The molecule has 2 heterocycles. The maximum absolute atomic E-state index is 12.7. The monoisotopic (exact) mass is 483 g/mol. The molecule has 0 aliphatic heterocycles. The molecule has 144 valence electrons. The molecule has 2 aromatic heterocycles. The summed E-state index contributed by atoms with van der Waals surface area (Å²) in [7, 11) is 0. The van der Waals surface area contributed by atoms with Crippen molar-refractivity contribution in [3.63, 3.8) is 0 Å². The lowest BCUT2D eigenvalue weighted by Gasteiger charge is -2.05. The van der Waals surface area contributed by atoms with Gasteiger partial charge in [-0.25, -0.2) is 4.79 Å². The fraction of sp³-hybridized carbons (Fsp3) is 0. The highest BCUT2D eigenvalue weighted by Gasteiger charge is 2.22. The predicted octanol–water partition coefficient (Wildman–Crippen LogP) is 6.86. The minimum Gasteiger partial charge on any atom is -0.478 e. The molecule has 4 rings (SSSR count). The molecule has 0 saturated heterocycles. The standard InChI is InChI=1S/C22H14BrNO3S2/c23-15-8-6-13(7-9-15)16-12-28-21(19(16)22(26)27)24-20(25)18-11-10-17(29-18)14-4-2-1-3-5-14/h1-12H,(H,24,25)(H,26,27). The van der Waals surface area contributed by atoms with E-state index in [0.717, 1.165) is 20.5 Å². The number of carboxylic acid groups (broad SMARTS) is 1. The van der Waals surface area contributed by atoms with Crippen LogP contribution in [0, 0.1) is 0 Å². The largest absolute Gasteiger partial charge is 0.478 e. The molecular weight excluding hydrogens is 470 g/mol. The van der Waals surface area contributed by atoms with Gasteiger partial charge < -0.3 is 10.4 Å². The number of thiophene rings is 2. The van der Waals surface area contributed by atoms with Gasteiger partial charge in [0.15, 0.2) is 0 Å². The number of nitrogens with one attached hydrogen (secondary N) is 1. The van der Waals surface area contributed by atoms with Crippen LogP contribution in [0.2, 0.25) is 0 Å². The van der Waals surface area contributed by atoms with E-state index in [-0.39, 0.29) is 11.5 Å². The van der Waals surface area contributed by atoms with Crippen molar-refractivity contribution in [1.82, 2.24) is 0 Å². The minimum absolute atomic E-state index is 0.102. The Morgan fingerprint density at radius 1 is 0.897 bits per heavy atom. The second-order valence-corrected chi connectivity index (χ2v) is 9.03. The minimum atomic E-state index is -1.07. The maximum atomic E-state index is 12.7. The zero-order valence-corrected chi connectivity index (χ0v) is 18.1. The Balaban J connectivity index is 1.61. The van der Waals surface area contributed by atoms with Crippen molar-refractivity contribution in [1.29, 1.82) is 0 Å². The average molecular weight is 484 g/mol. The molecule has 1 amide bonds. The molecule has 0 fully saturated rings. The van der Waals surface area contributed by atoms with Gasteiger partial charge in [0.1, 0.15) is 10.6 Å². The van der Waals surface area contributed by atoms with E-state index in [2.05, 4.69) is 21.2 Å². The number of carboxylic acids is 1. The highest BCUT2D eigenvalue weighted by Crippen LogP contribution is 2.37. The van der Waals surface area contributed by atoms with Crippen molar-refractivity contribution in [2.75, 3.05) is 5.32 Å². The summed E-state index contributed by atoms with van der Waals surface area (Å²) in [6, 6.07) is 20.9. The van der Waals surface area contributed by atoms with E-state index in [9.17, 15) is 14.7 Å². The normalized spacial score (nSPS) is 10.7. The number of rotatable bonds is 5. The van der Waals surface area contributed by atoms with Crippen molar-refractivity contribution >= 4 is 55.5 Å². The molecular formula is C22H14BrNO3S2. The second-order valence-electron chi connectivity index (χ2n) is 6.15. The van der Waals surface area contributed by atoms with Crippen LogP contribution in [0.25, 0.3) is 21.6 Å². The van der Waals surface area contributed by atoms with Crippen molar-refractivity contribution in [2.24, 2.45) is 0 Å². The summed E-state index contributed by atoms with van der Waals surface area (Å²) in [6.07, 6.45) is 0. The molecule has 7 heteroatoms. The quantitative estimate of drug-likeness (QED) is 0.325. The van der Waals surface area contributed by atoms with E-state index >= 15 is 0 Å². The van der Waals surface area contributed by atoms with Crippen molar-refractivity contribution in [3.8, 4) is 21.6 Å². The Labute approximate surface area is 183 Å². The summed E-state index contributed by atoms with van der Waals surface area (Å²) in [4.78, 5) is 26.1. The van der Waals surface area contributed by atoms with Crippen LogP contribution in [0.4, 0.5) is 5.00 Å². The van der Waals surface area contributed by atoms with Gasteiger partial charge in [0.25, 0.3) is 5.91 Å². The number of halogens is 1. The van der Waals surface area contributed by atoms with E-state index in [1.807, 2.05) is 60.7 Å². The molecule has 0 unspecified atom stereocenters. The highest BCUT2D eigenvalue weighted by atomic mass is 79.9. The number of amides is 1. The van der Waals surface area contributed by atoms with Crippen LogP contribution >= 0.6 is 38.6 Å². The van der Waals surface area contributed by atoms with Crippen LogP contribution in [0.3, 0.4) is 0 Å². The zero-order valence-electron chi connectivity index (χ0n) is 14.9. The lowest BCUT2D eigenvalue weighted by atomic mass is 10.0. The van der Waals surface area contributed by atoms with Crippen LogP contribution < -0.4 is 5.32 Å². The molecule has 0 atom stereocenters. The lowest BCUT2D eigenvalue weighted by molar-refractivity contribution is 0.0699. The number of carbonyl (C=O) groups excluding carboxylic acids is 1. The molecule has 0 radical (unpaired) electrons. The molecule has 0 aliphatic carbocycles. The number of hydrogen-bond donors (Lipinski definition) is 2. The van der Waals surface area contributed by atoms with Crippen LogP contribution in [-0.2, 0) is 0 Å². The molecule has 0 spiro atoms. The fourth-order valence-corrected chi connectivity index (χ4v) is 5.01. The van der Waals surface area contributed by atoms with E-state index in [1.54, 1.807) is 11.4 Å². The van der Waals surface area contributed by atoms with Crippen LogP contribution in [0.1, 0.15) is 20.0 Å². The lowest BCUT2D eigenvalue weighted by Crippen LogP contribution is -2.12. The first-order valence-corrected chi connectivity index (χ1v) is 11.1. The number of aromatic carboxylic acids is 1. The molecule has 0 aliphatic rings. The Morgan fingerprint density at radius 3 is 2.31 bits per heavy atom. The summed E-state index contributed by atoms with van der Waals surface area (Å²) in [5.74, 6) is -1.39. The first-order chi connectivity index (χ1) is 14.0. The SMILES string of the molecule is O=C(Nc1scc(-c2ccc(Br)cc2)c1C(=O)O)c1ccc(-c2ccccc2)s1. The number of hydrogen-bond acceptors (Lipinski definition) is 4. The number of anilines is 1. The Bertz CT molecular complexity index is 1180. The van der Waals surface area contributed by atoms with Crippen molar-refractivity contribution in [3.05, 3.63) is 87.0 Å². The smallest absolute Gasteiger partial charge is 0.339 e. The van der Waals surface area contributed by atoms with Gasteiger partial charge in [-0.15, -0.1) is 22.7 Å². The molecule has 0 bridgehead atoms. The van der Waals surface area contributed by atoms with Gasteiger partial charge in [0, 0.05) is 20.3 Å². The summed E-state index contributed by atoms with van der Waals surface area (Å²) < 4.78 is 0.911.